The van der Waals surface area contributed by atoms with Crippen LogP contribution in [0.3, 0.4) is 0 Å². The van der Waals surface area contributed by atoms with Gasteiger partial charge in [0.1, 0.15) is 11.6 Å². The molecule has 2 saturated carbocycles. The van der Waals surface area contributed by atoms with Crippen molar-refractivity contribution in [1.82, 2.24) is 10.1 Å². The fourth-order valence-electron chi connectivity index (χ4n) is 3.43. The molecule has 2 unspecified atom stereocenters. The largest absolute Gasteiger partial charge is 0.339 e. The van der Waals surface area contributed by atoms with E-state index in [1.807, 2.05) is 0 Å². The van der Waals surface area contributed by atoms with Crippen LogP contribution in [-0.4, -0.2) is 10.1 Å². The average molecular weight is 342 g/mol. The topological polar surface area (TPSA) is 64.9 Å². The Hall–Kier alpha value is -1.53. The molecular formula is C16H18ClF2N3O. The van der Waals surface area contributed by atoms with Gasteiger partial charge in [-0.15, -0.1) is 12.4 Å². The molecule has 4 nitrogen and oxygen atoms in total. The lowest BCUT2D eigenvalue weighted by Crippen LogP contribution is -2.34. The molecule has 2 N–H and O–H groups in total. The third kappa shape index (κ3) is 2.85. The molecular weight excluding hydrogens is 324 g/mol. The van der Waals surface area contributed by atoms with Crippen LogP contribution in [0.15, 0.2) is 22.7 Å². The number of hydrogen-bond acceptors (Lipinski definition) is 4. The first-order valence-electron chi connectivity index (χ1n) is 7.65. The predicted molar refractivity (Wildman–Crippen MR) is 82.3 cm³/mol. The normalized spacial score (nSPS) is 25.2. The highest BCUT2D eigenvalue weighted by Crippen LogP contribution is 2.55. The molecule has 0 bridgehead atoms. The van der Waals surface area contributed by atoms with E-state index in [4.69, 9.17) is 10.3 Å². The second kappa shape index (κ2) is 5.83. The number of nitrogens with zero attached hydrogens (tertiary/aromatic N) is 2. The number of aromatic nitrogens is 2. The highest BCUT2D eigenvalue weighted by Gasteiger charge is 2.46. The van der Waals surface area contributed by atoms with E-state index in [2.05, 4.69) is 10.1 Å². The average Bonchev–Trinajstić information content (AvgIpc) is 2.92. The van der Waals surface area contributed by atoms with E-state index in [1.54, 1.807) is 0 Å². The molecule has 0 spiro atoms. The third-order valence-electron chi connectivity index (χ3n) is 4.85. The Morgan fingerprint density at radius 2 is 1.91 bits per heavy atom. The molecule has 2 aromatic rings. The number of benzene rings is 1. The summed E-state index contributed by atoms with van der Waals surface area (Å²) in [5.74, 6) is 0.0782. The Morgan fingerprint density at radius 1 is 1.17 bits per heavy atom. The lowest BCUT2D eigenvalue weighted by molar-refractivity contribution is 0.348. The zero-order valence-electron chi connectivity index (χ0n) is 12.5. The van der Waals surface area contributed by atoms with Gasteiger partial charge in [0.2, 0.25) is 5.89 Å². The third-order valence-corrected chi connectivity index (χ3v) is 4.85. The summed E-state index contributed by atoms with van der Waals surface area (Å²) in [7, 11) is 0. The molecule has 2 atom stereocenters. The van der Waals surface area contributed by atoms with Gasteiger partial charge in [0.25, 0.3) is 0 Å². The summed E-state index contributed by atoms with van der Waals surface area (Å²) < 4.78 is 32.4. The maximum atomic E-state index is 13.8. The summed E-state index contributed by atoms with van der Waals surface area (Å²) in [6, 6.07) is 3.53. The van der Waals surface area contributed by atoms with Gasteiger partial charge in [0, 0.05) is 5.92 Å². The molecule has 23 heavy (non-hydrogen) atoms. The van der Waals surface area contributed by atoms with Crippen molar-refractivity contribution in [2.45, 2.75) is 49.5 Å². The molecule has 4 rings (SSSR count). The first kappa shape index (κ1) is 16.3. The predicted octanol–water partition coefficient (Wildman–Crippen LogP) is 3.77. The SMILES string of the molecule is Cl.NC1(c2noc(C3CC3c3cc(F)ccc3F)n2)CCCC1. The first-order chi connectivity index (χ1) is 10.6. The molecule has 0 saturated heterocycles. The summed E-state index contributed by atoms with van der Waals surface area (Å²) in [5, 5.41) is 4.02. The van der Waals surface area contributed by atoms with E-state index in [-0.39, 0.29) is 30.1 Å². The Bertz CT molecular complexity index is 715. The van der Waals surface area contributed by atoms with E-state index in [0.717, 1.165) is 37.8 Å². The summed E-state index contributed by atoms with van der Waals surface area (Å²) in [6.07, 6.45) is 4.55. The van der Waals surface area contributed by atoms with Crippen LogP contribution in [0, 0.1) is 11.6 Å². The van der Waals surface area contributed by atoms with Gasteiger partial charge in [-0.3, -0.25) is 0 Å². The monoisotopic (exact) mass is 341 g/mol. The Kier molecular flexibility index (Phi) is 4.14. The van der Waals surface area contributed by atoms with Gasteiger partial charge >= 0.3 is 0 Å². The van der Waals surface area contributed by atoms with Crippen LogP contribution in [0.1, 0.15) is 61.2 Å². The van der Waals surface area contributed by atoms with E-state index < -0.39 is 11.4 Å². The van der Waals surface area contributed by atoms with Crippen LogP contribution < -0.4 is 5.73 Å². The number of halogens is 3. The van der Waals surface area contributed by atoms with Crippen molar-refractivity contribution in [3.63, 3.8) is 0 Å². The number of nitrogens with two attached hydrogens (primary N) is 1. The zero-order valence-corrected chi connectivity index (χ0v) is 13.3. The molecule has 1 aromatic carbocycles. The second-order valence-corrected chi connectivity index (χ2v) is 6.43. The summed E-state index contributed by atoms with van der Waals surface area (Å²) in [4.78, 5) is 4.43. The molecule has 1 aromatic heterocycles. The zero-order chi connectivity index (χ0) is 15.3. The van der Waals surface area contributed by atoms with Gasteiger partial charge in [-0.2, -0.15) is 4.98 Å². The summed E-state index contributed by atoms with van der Waals surface area (Å²) >= 11 is 0. The second-order valence-electron chi connectivity index (χ2n) is 6.43. The Labute approximate surface area is 138 Å². The van der Waals surface area contributed by atoms with Crippen molar-refractivity contribution < 1.29 is 13.3 Å². The molecule has 0 aliphatic heterocycles. The lowest BCUT2D eigenvalue weighted by Gasteiger charge is -2.17. The fourth-order valence-corrected chi connectivity index (χ4v) is 3.43. The van der Waals surface area contributed by atoms with E-state index >= 15 is 0 Å². The quantitative estimate of drug-likeness (QED) is 0.923. The van der Waals surface area contributed by atoms with Gasteiger partial charge in [-0.1, -0.05) is 18.0 Å². The van der Waals surface area contributed by atoms with Crippen molar-refractivity contribution in [3.8, 4) is 0 Å². The van der Waals surface area contributed by atoms with Crippen LogP contribution in [0.25, 0.3) is 0 Å². The van der Waals surface area contributed by atoms with Crippen molar-refractivity contribution in [2.24, 2.45) is 5.73 Å². The molecule has 2 aliphatic rings. The van der Waals surface area contributed by atoms with Gasteiger partial charge < -0.3 is 10.3 Å². The minimum atomic E-state index is -0.490. The van der Waals surface area contributed by atoms with Crippen molar-refractivity contribution in [2.75, 3.05) is 0 Å². The Morgan fingerprint density at radius 3 is 2.65 bits per heavy atom. The summed E-state index contributed by atoms with van der Waals surface area (Å²) in [5.41, 5.74) is 6.20. The number of rotatable bonds is 3. The maximum Gasteiger partial charge on any atom is 0.230 e. The van der Waals surface area contributed by atoms with Crippen LogP contribution >= 0.6 is 12.4 Å². The molecule has 0 amide bonds. The van der Waals surface area contributed by atoms with Crippen molar-refractivity contribution in [3.05, 3.63) is 47.1 Å². The fraction of sp³-hybridized carbons (Fsp3) is 0.500. The Balaban J connectivity index is 0.00000156. The standard InChI is InChI=1S/C16H17F2N3O.ClH/c17-9-3-4-13(18)11(7-9)10-8-12(10)14-20-15(21-22-14)16(19)5-1-2-6-16;/h3-4,7,10,12H,1-2,5-6,8,19H2;1H. The van der Waals surface area contributed by atoms with Crippen LogP contribution in [0.5, 0.6) is 0 Å². The van der Waals surface area contributed by atoms with Gasteiger partial charge in [0.15, 0.2) is 5.82 Å². The highest BCUT2D eigenvalue weighted by molar-refractivity contribution is 5.85. The van der Waals surface area contributed by atoms with Gasteiger partial charge in [-0.05, 0) is 48.9 Å². The molecule has 124 valence electrons. The van der Waals surface area contributed by atoms with E-state index in [9.17, 15) is 8.78 Å². The maximum absolute atomic E-state index is 13.8. The molecule has 2 fully saturated rings. The van der Waals surface area contributed by atoms with Crippen LogP contribution in [0.4, 0.5) is 8.78 Å². The molecule has 7 heteroatoms. The van der Waals surface area contributed by atoms with Gasteiger partial charge in [-0.25, -0.2) is 8.78 Å². The minimum Gasteiger partial charge on any atom is -0.339 e. The first-order valence-corrected chi connectivity index (χ1v) is 7.65. The van der Waals surface area contributed by atoms with Crippen LogP contribution in [0.2, 0.25) is 0 Å². The lowest BCUT2D eigenvalue weighted by atomic mass is 9.99. The van der Waals surface area contributed by atoms with E-state index in [0.29, 0.717) is 23.7 Å². The van der Waals surface area contributed by atoms with Crippen molar-refractivity contribution >= 4 is 12.4 Å². The van der Waals surface area contributed by atoms with Gasteiger partial charge in [0.05, 0.1) is 5.54 Å². The summed E-state index contributed by atoms with van der Waals surface area (Å²) in [6.45, 7) is 0. The highest BCUT2D eigenvalue weighted by atomic mass is 35.5. The van der Waals surface area contributed by atoms with Crippen molar-refractivity contribution in [1.29, 1.82) is 0 Å². The molecule has 0 radical (unpaired) electrons. The molecule has 2 aliphatic carbocycles. The van der Waals surface area contributed by atoms with Crippen LogP contribution in [-0.2, 0) is 5.54 Å². The van der Waals surface area contributed by atoms with E-state index in [1.165, 1.54) is 6.07 Å². The molecule has 1 heterocycles. The smallest absolute Gasteiger partial charge is 0.230 e. The minimum absolute atomic E-state index is 0. The number of hydrogen-bond donors (Lipinski definition) is 1.